The zero-order valence-corrected chi connectivity index (χ0v) is 9.57. The summed E-state index contributed by atoms with van der Waals surface area (Å²) >= 11 is 0. The van der Waals surface area contributed by atoms with E-state index in [2.05, 4.69) is 5.32 Å². The van der Waals surface area contributed by atoms with Crippen molar-refractivity contribution in [2.45, 2.75) is 25.6 Å². The first-order chi connectivity index (χ1) is 7.54. The van der Waals surface area contributed by atoms with Gasteiger partial charge in [-0.05, 0) is 50.2 Å². The molecule has 0 heterocycles. The van der Waals surface area contributed by atoms with E-state index in [4.69, 9.17) is 0 Å². The number of halogens is 1. The Morgan fingerprint density at radius 3 is 2.56 bits per heavy atom. The van der Waals surface area contributed by atoms with Crippen LogP contribution in [0.5, 0.6) is 0 Å². The van der Waals surface area contributed by atoms with E-state index in [1.165, 1.54) is 12.1 Å². The van der Waals surface area contributed by atoms with Crippen molar-refractivity contribution in [1.82, 2.24) is 5.32 Å². The van der Waals surface area contributed by atoms with E-state index in [1.807, 2.05) is 0 Å². The number of hydrogen-bond acceptors (Lipinski definition) is 3. The largest absolute Gasteiger partial charge is 0.390 e. The highest BCUT2D eigenvalue weighted by Gasteiger charge is 2.18. The molecular weight excluding hydrogens is 209 g/mol. The lowest BCUT2D eigenvalue weighted by Gasteiger charge is -2.18. The molecule has 0 saturated heterocycles. The van der Waals surface area contributed by atoms with Crippen LogP contribution in [0.4, 0.5) is 4.39 Å². The molecule has 0 aliphatic rings. The lowest BCUT2D eigenvalue weighted by molar-refractivity contribution is 0.0138. The molecule has 90 valence electrons. The monoisotopic (exact) mass is 227 g/mol. The maximum absolute atomic E-state index is 13.1. The van der Waals surface area contributed by atoms with Crippen molar-refractivity contribution in [1.29, 1.82) is 0 Å². The normalized spacial score (nSPS) is 14.8. The summed E-state index contributed by atoms with van der Waals surface area (Å²) < 4.78 is 13.1. The minimum absolute atomic E-state index is 0.394. The molecule has 0 saturated carbocycles. The Morgan fingerprint density at radius 1 is 1.31 bits per heavy atom. The van der Waals surface area contributed by atoms with Crippen LogP contribution in [0.1, 0.15) is 23.7 Å². The van der Waals surface area contributed by atoms with E-state index >= 15 is 0 Å². The first kappa shape index (κ1) is 13.1. The summed E-state index contributed by atoms with van der Waals surface area (Å²) in [5.74, 6) is -0.394. The Kier molecular flexibility index (Phi) is 4.86. The first-order valence-corrected chi connectivity index (χ1v) is 5.32. The van der Waals surface area contributed by atoms with Gasteiger partial charge in [0.1, 0.15) is 11.9 Å². The SMILES string of the molecule is CNCCC(O)C(O)c1cc(C)cc(F)c1. The van der Waals surface area contributed by atoms with Crippen molar-refractivity contribution in [3.8, 4) is 0 Å². The second-order valence-electron chi connectivity index (χ2n) is 3.97. The molecule has 0 aromatic heterocycles. The Balaban J connectivity index is 2.74. The number of aryl methyl sites for hydroxylation is 1. The second kappa shape index (κ2) is 5.94. The molecule has 0 fully saturated rings. The average molecular weight is 227 g/mol. The summed E-state index contributed by atoms with van der Waals surface area (Å²) in [4.78, 5) is 0. The van der Waals surface area contributed by atoms with Crippen LogP contribution in [-0.2, 0) is 0 Å². The molecule has 2 unspecified atom stereocenters. The quantitative estimate of drug-likeness (QED) is 0.707. The zero-order chi connectivity index (χ0) is 12.1. The van der Waals surface area contributed by atoms with E-state index in [-0.39, 0.29) is 0 Å². The first-order valence-electron chi connectivity index (χ1n) is 5.32. The third-order valence-corrected chi connectivity index (χ3v) is 2.46. The summed E-state index contributed by atoms with van der Waals surface area (Å²) in [6.45, 7) is 2.35. The van der Waals surface area contributed by atoms with Gasteiger partial charge in [0.2, 0.25) is 0 Å². The number of benzene rings is 1. The standard InChI is InChI=1S/C12H18FNO2/c1-8-5-9(7-10(13)6-8)12(16)11(15)3-4-14-2/h5-7,11-12,14-16H,3-4H2,1-2H3. The van der Waals surface area contributed by atoms with Gasteiger partial charge in [0, 0.05) is 0 Å². The molecule has 0 aliphatic heterocycles. The van der Waals surface area contributed by atoms with Gasteiger partial charge >= 0.3 is 0 Å². The maximum Gasteiger partial charge on any atom is 0.123 e. The van der Waals surface area contributed by atoms with Gasteiger partial charge in [-0.2, -0.15) is 0 Å². The van der Waals surface area contributed by atoms with Crippen LogP contribution in [-0.4, -0.2) is 29.9 Å². The molecule has 0 radical (unpaired) electrons. The highest BCUT2D eigenvalue weighted by molar-refractivity contribution is 5.25. The van der Waals surface area contributed by atoms with E-state index < -0.39 is 18.0 Å². The van der Waals surface area contributed by atoms with Crippen LogP contribution >= 0.6 is 0 Å². The number of rotatable bonds is 5. The summed E-state index contributed by atoms with van der Waals surface area (Å²) in [6.07, 6.45) is -1.50. The molecule has 0 bridgehead atoms. The summed E-state index contributed by atoms with van der Waals surface area (Å²) in [6, 6.07) is 4.31. The van der Waals surface area contributed by atoms with Crippen molar-refractivity contribution in [3.63, 3.8) is 0 Å². The van der Waals surface area contributed by atoms with Gasteiger partial charge in [-0.3, -0.25) is 0 Å². The van der Waals surface area contributed by atoms with Crippen LogP contribution in [0.3, 0.4) is 0 Å². The van der Waals surface area contributed by atoms with Gasteiger partial charge in [-0.1, -0.05) is 6.07 Å². The third kappa shape index (κ3) is 3.56. The maximum atomic E-state index is 13.1. The molecule has 2 atom stereocenters. The predicted molar refractivity (Wildman–Crippen MR) is 60.6 cm³/mol. The fraction of sp³-hybridized carbons (Fsp3) is 0.500. The summed E-state index contributed by atoms with van der Waals surface area (Å²) in [5.41, 5.74) is 1.15. The zero-order valence-electron chi connectivity index (χ0n) is 9.57. The predicted octanol–water partition coefficient (Wildman–Crippen LogP) is 1.14. The Labute approximate surface area is 94.9 Å². The van der Waals surface area contributed by atoms with Gasteiger partial charge in [-0.15, -0.1) is 0 Å². The van der Waals surface area contributed by atoms with Gasteiger partial charge < -0.3 is 15.5 Å². The minimum Gasteiger partial charge on any atom is -0.390 e. The molecular formula is C12H18FNO2. The average Bonchev–Trinajstić information content (AvgIpc) is 2.23. The van der Waals surface area contributed by atoms with Crippen LogP contribution in [0, 0.1) is 12.7 Å². The molecule has 3 N–H and O–H groups in total. The molecule has 1 aromatic carbocycles. The van der Waals surface area contributed by atoms with Crippen LogP contribution < -0.4 is 5.32 Å². The van der Waals surface area contributed by atoms with Crippen molar-refractivity contribution < 1.29 is 14.6 Å². The van der Waals surface area contributed by atoms with E-state index in [1.54, 1.807) is 20.0 Å². The van der Waals surface area contributed by atoms with Crippen LogP contribution in [0.25, 0.3) is 0 Å². The fourth-order valence-corrected chi connectivity index (χ4v) is 1.61. The Morgan fingerprint density at radius 2 is 2.00 bits per heavy atom. The lowest BCUT2D eigenvalue weighted by atomic mass is 10.0. The fourth-order valence-electron chi connectivity index (χ4n) is 1.61. The molecule has 1 aromatic rings. The topological polar surface area (TPSA) is 52.5 Å². The Bertz CT molecular complexity index is 324. The van der Waals surface area contributed by atoms with Gasteiger partial charge in [0.25, 0.3) is 0 Å². The van der Waals surface area contributed by atoms with Crippen LogP contribution in [0.15, 0.2) is 18.2 Å². The Hall–Kier alpha value is -0.970. The van der Waals surface area contributed by atoms with Crippen molar-refractivity contribution in [2.24, 2.45) is 0 Å². The van der Waals surface area contributed by atoms with Gasteiger partial charge in [-0.25, -0.2) is 4.39 Å². The lowest BCUT2D eigenvalue weighted by Crippen LogP contribution is -2.23. The number of nitrogens with one attached hydrogen (secondary N) is 1. The number of hydrogen-bond donors (Lipinski definition) is 3. The van der Waals surface area contributed by atoms with Crippen LogP contribution in [0.2, 0.25) is 0 Å². The highest BCUT2D eigenvalue weighted by Crippen LogP contribution is 2.21. The minimum atomic E-state index is -1.04. The van der Waals surface area contributed by atoms with E-state index in [0.717, 1.165) is 5.56 Å². The molecule has 0 spiro atoms. The van der Waals surface area contributed by atoms with Crippen molar-refractivity contribution >= 4 is 0 Å². The molecule has 4 heteroatoms. The van der Waals surface area contributed by atoms with Crippen molar-refractivity contribution in [3.05, 3.63) is 35.1 Å². The van der Waals surface area contributed by atoms with Gasteiger partial charge in [0.05, 0.1) is 6.10 Å². The second-order valence-corrected chi connectivity index (χ2v) is 3.97. The number of aliphatic hydroxyl groups is 2. The summed E-state index contributed by atoms with van der Waals surface area (Å²) in [7, 11) is 1.77. The molecule has 0 aliphatic carbocycles. The molecule has 1 rings (SSSR count). The van der Waals surface area contributed by atoms with Crippen molar-refractivity contribution in [2.75, 3.05) is 13.6 Å². The number of aliphatic hydroxyl groups excluding tert-OH is 2. The third-order valence-electron chi connectivity index (χ3n) is 2.46. The highest BCUT2D eigenvalue weighted by atomic mass is 19.1. The van der Waals surface area contributed by atoms with E-state index in [9.17, 15) is 14.6 Å². The molecule has 16 heavy (non-hydrogen) atoms. The van der Waals surface area contributed by atoms with Gasteiger partial charge in [0.15, 0.2) is 0 Å². The molecule has 0 amide bonds. The molecule has 3 nitrogen and oxygen atoms in total. The van der Waals surface area contributed by atoms with E-state index in [0.29, 0.717) is 18.5 Å². The smallest absolute Gasteiger partial charge is 0.123 e. The summed E-state index contributed by atoms with van der Waals surface area (Å²) in [5, 5.41) is 22.4.